The number of hydrogen-bond acceptors (Lipinski definition) is 6. The van der Waals surface area contributed by atoms with Gasteiger partial charge in [-0.3, -0.25) is 14.6 Å². The summed E-state index contributed by atoms with van der Waals surface area (Å²) in [5.74, 6) is -0.0318. The minimum absolute atomic E-state index is 0.152. The van der Waals surface area contributed by atoms with E-state index in [1.807, 2.05) is 18.2 Å². The topological polar surface area (TPSA) is 100 Å². The number of carbonyl (C=O) groups is 2. The summed E-state index contributed by atoms with van der Waals surface area (Å²) in [5.41, 5.74) is 2.78. The lowest BCUT2D eigenvalue weighted by atomic mass is 10.2. The average Bonchev–Trinajstić information content (AvgIpc) is 2.72. The van der Waals surface area contributed by atoms with E-state index in [1.165, 1.54) is 13.1 Å². The van der Waals surface area contributed by atoms with E-state index in [9.17, 15) is 9.59 Å². The van der Waals surface area contributed by atoms with Crippen LogP contribution in [-0.4, -0.2) is 45.3 Å². The van der Waals surface area contributed by atoms with E-state index in [4.69, 9.17) is 0 Å². The van der Waals surface area contributed by atoms with Crippen molar-refractivity contribution in [2.45, 2.75) is 13.3 Å². The Hall–Kier alpha value is -3.81. The molecule has 1 aromatic carbocycles. The fourth-order valence-electron chi connectivity index (χ4n) is 2.69. The van der Waals surface area contributed by atoms with E-state index < -0.39 is 0 Å². The van der Waals surface area contributed by atoms with Crippen molar-refractivity contribution in [2.75, 3.05) is 24.2 Å². The number of rotatable bonds is 7. The van der Waals surface area contributed by atoms with Crippen molar-refractivity contribution in [3.63, 3.8) is 0 Å². The first-order valence-electron chi connectivity index (χ1n) is 9.13. The van der Waals surface area contributed by atoms with Gasteiger partial charge in [0.05, 0.1) is 0 Å². The van der Waals surface area contributed by atoms with E-state index in [1.54, 1.807) is 48.6 Å². The Labute approximate surface area is 169 Å². The molecule has 0 fully saturated rings. The minimum Gasteiger partial charge on any atom is -0.340 e. The van der Waals surface area contributed by atoms with Crippen LogP contribution in [0.2, 0.25) is 0 Å². The molecular formula is C21H22N6O2. The summed E-state index contributed by atoms with van der Waals surface area (Å²) in [7, 11) is 1.75. The van der Waals surface area contributed by atoms with Gasteiger partial charge in [-0.1, -0.05) is 6.07 Å². The lowest BCUT2D eigenvalue weighted by Gasteiger charge is -2.17. The molecule has 2 amide bonds. The smallest absolute Gasteiger partial charge is 0.272 e. The second kappa shape index (κ2) is 9.41. The molecule has 0 aliphatic heterocycles. The SMILES string of the molecule is CC(=O)Nc1cccc(Nc2nccc(C(=O)N(C)CCc3ccncc3)n2)c1. The molecule has 0 unspecified atom stereocenters. The average molecular weight is 390 g/mol. The van der Waals surface area contributed by atoms with Crippen LogP contribution < -0.4 is 10.6 Å². The van der Waals surface area contributed by atoms with Gasteiger partial charge in [-0.25, -0.2) is 9.97 Å². The number of carbonyl (C=O) groups excluding carboxylic acids is 2. The second-order valence-corrected chi connectivity index (χ2v) is 6.48. The van der Waals surface area contributed by atoms with Gasteiger partial charge in [0.15, 0.2) is 0 Å². The molecule has 0 saturated carbocycles. The standard InChI is InChI=1S/C21H22N6O2/c1-15(28)24-17-4-3-5-18(14-17)25-21-23-12-8-19(26-21)20(29)27(2)13-9-16-6-10-22-11-7-16/h3-8,10-12,14H,9,13H2,1-2H3,(H,24,28)(H,23,25,26). The van der Waals surface area contributed by atoms with E-state index >= 15 is 0 Å². The molecule has 3 aromatic rings. The maximum absolute atomic E-state index is 12.7. The number of benzene rings is 1. The molecule has 0 bridgehead atoms. The zero-order valence-corrected chi connectivity index (χ0v) is 16.3. The first-order chi connectivity index (χ1) is 14.0. The predicted molar refractivity (Wildman–Crippen MR) is 111 cm³/mol. The Morgan fingerprint density at radius 3 is 2.55 bits per heavy atom. The van der Waals surface area contributed by atoms with Gasteiger partial charge in [0.25, 0.3) is 5.91 Å². The fraction of sp³-hybridized carbons (Fsp3) is 0.190. The first kappa shape index (κ1) is 19.9. The van der Waals surface area contributed by atoms with E-state index in [0.717, 1.165) is 12.0 Å². The molecule has 0 atom stereocenters. The zero-order chi connectivity index (χ0) is 20.6. The van der Waals surface area contributed by atoms with Gasteiger partial charge in [0.1, 0.15) is 5.69 Å². The number of amides is 2. The molecule has 0 spiro atoms. The van der Waals surface area contributed by atoms with Crippen molar-refractivity contribution in [3.05, 3.63) is 72.3 Å². The van der Waals surface area contributed by atoms with Crippen molar-refractivity contribution in [2.24, 2.45) is 0 Å². The molecule has 29 heavy (non-hydrogen) atoms. The minimum atomic E-state index is -0.184. The van der Waals surface area contributed by atoms with Gasteiger partial charge in [-0.15, -0.1) is 0 Å². The maximum atomic E-state index is 12.7. The molecule has 8 heteroatoms. The van der Waals surface area contributed by atoms with Crippen LogP contribution in [0.25, 0.3) is 0 Å². The number of nitrogens with one attached hydrogen (secondary N) is 2. The van der Waals surface area contributed by atoms with Crippen LogP contribution in [0.1, 0.15) is 23.0 Å². The third-order valence-electron chi connectivity index (χ3n) is 4.15. The van der Waals surface area contributed by atoms with Crippen molar-refractivity contribution >= 4 is 29.1 Å². The summed E-state index contributed by atoms with van der Waals surface area (Å²) in [5, 5.41) is 5.78. The van der Waals surface area contributed by atoms with Gasteiger partial charge in [-0.2, -0.15) is 0 Å². The van der Waals surface area contributed by atoms with Gasteiger partial charge in [-0.05, 0) is 48.4 Å². The summed E-state index contributed by atoms with van der Waals surface area (Å²) in [6.45, 7) is 2.01. The number of anilines is 3. The molecule has 2 aromatic heterocycles. The molecule has 2 N–H and O–H groups in total. The first-order valence-corrected chi connectivity index (χ1v) is 9.13. The Morgan fingerprint density at radius 2 is 1.79 bits per heavy atom. The third kappa shape index (κ3) is 5.83. The van der Waals surface area contributed by atoms with Gasteiger partial charge in [0.2, 0.25) is 11.9 Å². The number of aromatic nitrogens is 3. The normalized spacial score (nSPS) is 10.3. The van der Waals surface area contributed by atoms with E-state index in [2.05, 4.69) is 25.6 Å². The van der Waals surface area contributed by atoms with Gasteiger partial charge < -0.3 is 15.5 Å². The second-order valence-electron chi connectivity index (χ2n) is 6.48. The van der Waals surface area contributed by atoms with Crippen LogP contribution >= 0.6 is 0 Å². The largest absolute Gasteiger partial charge is 0.340 e. The number of pyridine rings is 1. The summed E-state index contributed by atoms with van der Waals surface area (Å²) in [4.78, 5) is 38.0. The van der Waals surface area contributed by atoms with Gasteiger partial charge >= 0.3 is 0 Å². The highest BCUT2D eigenvalue weighted by Crippen LogP contribution is 2.18. The Kier molecular flexibility index (Phi) is 6.47. The van der Waals surface area contributed by atoms with E-state index in [0.29, 0.717) is 29.6 Å². The summed E-state index contributed by atoms with van der Waals surface area (Å²) < 4.78 is 0. The van der Waals surface area contributed by atoms with Crippen LogP contribution in [0.4, 0.5) is 17.3 Å². The fourth-order valence-corrected chi connectivity index (χ4v) is 2.69. The molecule has 0 radical (unpaired) electrons. The highest BCUT2D eigenvalue weighted by Gasteiger charge is 2.14. The van der Waals surface area contributed by atoms with Crippen molar-refractivity contribution in [1.82, 2.24) is 19.9 Å². The number of nitrogens with zero attached hydrogens (tertiary/aromatic N) is 4. The molecule has 2 heterocycles. The zero-order valence-electron chi connectivity index (χ0n) is 16.3. The highest BCUT2D eigenvalue weighted by molar-refractivity contribution is 5.92. The number of hydrogen-bond donors (Lipinski definition) is 2. The maximum Gasteiger partial charge on any atom is 0.272 e. The number of likely N-dealkylation sites (N-methyl/N-ethyl adjacent to an activating group) is 1. The Balaban J connectivity index is 1.65. The summed E-state index contributed by atoms with van der Waals surface area (Å²) >= 11 is 0. The molecule has 0 aliphatic rings. The molecule has 8 nitrogen and oxygen atoms in total. The van der Waals surface area contributed by atoms with Crippen LogP contribution in [0.5, 0.6) is 0 Å². The van der Waals surface area contributed by atoms with Crippen molar-refractivity contribution < 1.29 is 9.59 Å². The summed E-state index contributed by atoms with van der Waals surface area (Å²) in [6, 6.07) is 12.6. The van der Waals surface area contributed by atoms with Crippen LogP contribution in [0.15, 0.2) is 61.1 Å². The van der Waals surface area contributed by atoms with Crippen molar-refractivity contribution in [1.29, 1.82) is 0 Å². The highest BCUT2D eigenvalue weighted by atomic mass is 16.2. The van der Waals surface area contributed by atoms with Crippen molar-refractivity contribution in [3.8, 4) is 0 Å². The molecule has 3 rings (SSSR count). The lowest BCUT2D eigenvalue weighted by molar-refractivity contribution is -0.114. The molecule has 148 valence electrons. The predicted octanol–water partition coefficient (Wildman–Crippen LogP) is 2.89. The Morgan fingerprint density at radius 1 is 1.03 bits per heavy atom. The Bertz CT molecular complexity index is 993. The monoisotopic (exact) mass is 390 g/mol. The third-order valence-corrected chi connectivity index (χ3v) is 4.15. The molecular weight excluding hydrogens is 368 g/mol. The lowest BCUT2D eigenvalue weighted by Crippen LogP contribution is -2.29. The quantitative estimate of drug-likeness (QED) is 0.643. The van der Waals surface area contributed by atoms with Crippen LogP contribution in [-0.2, 0) is 11.2 Å². The van der Waals surface area contributed by atoms with Gasteiger partial charge in [0, 0.05) is 50.5 Å². The van der Waals surface area contributed by atoms with E-state index in [-0.39, 0.29) is 11.8 Å². The molecule has 0 aliphatic carbocycles. The summed E-state index contributed by atoms with van der Waals surface area (Å²) in [6.07, 6.45) is 5.74. The van der Waals surface area contributed by atoms with Crippen LogP contribution in [0, 0.1) is 0 Å². The van der Waals surface area contributed by atoms with Crippen LogP contribution in [0.3, 0.4) is 0 Å². The molecule has 0 saturated heterocycles.